The van der Waals surface area contributed by atoms with E-state index in [-0.39, 0.29) is 16.4 Å². The lowest BCUT2D eigenvalue weighted by Gasteiger charge is -2.31. The van der Waals surface area contributed by atoms with Crippen LogP contribution in [0.25, 0.3) is 5.70 Å². The number of nitro benzene ring substituents is 1. The highest BCUT2D eigenvalue weighted by atomic mass is 32.1. The van der Waals surface area contributed by atoms with Crippen LogP contribution in [0.1, 0.15) is 17.2 Å². The number of nitrogens with zero attached hydrogens (tertiary/aromatic N) is 1. The Morgan fingerprint density at radius 3 is 2.32 bits per heavy atom. The second-order valence-corrected chi connectivity index (χ2v) is 6.26. The zero-order valence-corrected chi connectivity index (χ0v) is 15.5. The minimum Gasteiger partial charge on any atom is -0.463 e. The van der Waals surface area contributed by atoms with Crippen molar-refractivity contribution < 1.29 is 19.2 Å². The fraction of sp³-hybridized carbons (Fsp3) is 0.105. The summed E-state index contributed by atoms with van der Waals surface area (Å²) in [4.78, 5) is 35.2. The number of hydrogen-bond donors (Lipinski definition) is 2. The van der Waals surface area contributed by atoms with E-state index in [4.69, 9.17) is 12.2 Å². The SMILES string of the molecule is COC(=O)C(=O)C1=C(c2ccccc2)NC(=S)N[C@H]1c1ccc([N+](=O)[O-])cc1. The van der Waals surface area contributed by atoms with E-state index in [9.17, 15) is 19.7 Å². The van der Waals surface area contributed by atoms with Gasteiger partial charge in [-0.1, -0.05) is 30.3 Å². The number of methoxy groups -OCH3 is 1. The van der Waals surface area contributed by atoms with Crippen LogP contribution in [0.3, 0.4) is 0 Å². The molecule has 1 heterocycles. The Hall–Kier alpha value is -3.59. The summed E-state index contributed by atoms with van der Waals surface area (Å²) in [5.41, 5.74) is 1.60. The van der Waals surface area contributed by atoms with E-state index in [1.54, 1.807) is 24.3 Å². The van der Waals surface area contributed by atoms with Gasteiger partial charge in [0.25, 0.3) is 11.5 Å². The summed E-state index contributed by atoms with van der Waals surface area (Å²) < 4.78 is 4.61. The van der Waals surface area contributed by atoms with Crippen molar-refractivity contribution in [2.75, 3.05) is 7.11 Å². The first kappa shape index (κ1) is 19.2. The second kappa shape index (κ2) is 7.97. The van der Waals surface area contributed by atoms with Gasteiger partial charge in [0.2, 0.25) is 0 Å². The molecular weight excluding hydrogens is 382 g/mol. The molecule has 2 N–H and O–H groups in total. The average Bonchev–Trinajstić information content (AvgIpc) is 2.72. The van der Waals surface area contributed by atoms with Crippen molar-refractivity contribution in [3.63, 3.8) is 0 Å². The van der Waals surface area contributed by atoms with Crippen LogP contribution in [-0.4, -0.2) is 28.9 Å². The maximum atomic E-state index is 12.8. The van der Waals surface area contributed by atoms with Crippen LogP contribution in [0.2, 0.25) is 0 Å². The molecule has 28 heavy (non-hydrogen) atoms. The van der Waals surface area contributed by atoms with E-state index in [0.717, 1.165) is 7.11 Å². The van der Waals surface area contributed by atoms with Crippen molar-refractivity contribution in [3.05, 3.63) is 81.4 Å². The molecule has 2 aromatic rings. The number of thiocarbonyl (C=S) groups is 1. The van der Waals surface area contributed by atoms with Gasteiger partial charge in [0.1, 0.15) is 0 Å². The molecule has 0 amide bonds. The highest BCUT2D eigenvalue weighted by Gasteiger charge is 2.35. The molecule has 1 aliphatic heterocycles. The first-order chi connectivity index (χ1) is 13.4. The summed E-state index contributed by atoms with van der Waals surface area (Å²) in [5.74, 6) is -1.86. The van der Waals surface area contributed by atoms with Gasteiger partial charge in [0.15, 0.2) is 5.11 Å². The number of benzene rings is 2. The molecule has 142 valence electrons. The van der Waals surface area contributed by atoms with Gasteiger partial charge in [-0.25, -0.2) is 4.79 Å². The molecule has 0 bridgehead atoms. The van der Waals surface area contributed by atoms with Gasteiger partial charge in [-0.3, -0.25) is 14.9 Å². The molecule has 0 saturated heterocycles. The van der Waals surface area contributed by atoms with Gasteiger partial charge in [-0.05, 0) is 35.5 Å². The third-order valence-electron chi connectivity index (χ3n) is 4.19. The topological polar surface area (TPSA) is 111 Å². The summed E-state index contributed by atoms with van der Waals surface area (Å²) in [5, 5.41) is 17.1. The van der Waals surface area contributed by atoms with Gasteiger partial charge >= 0.3 is 5.97 Å². The van der Waals surface area contributed by atoms with Crippen LogP contribution in [0.5, 0.6) is 0 Å². The van der Waals surface area contributed by atoms with Gasteiger partial charge in [-0.2, -0.15) is 0 Å². The number of carbonyl (C=O) groups is 2. The third-order valence-corrected chi connectivity index (χ3v) is 4.41. The fourth-order valence-electron chi connectivity index (χ4n) is 2.88. The quantitative estimate of drug-likeness (QED) is 0.260. The monoisotopic (exact) mass is 397 g/mol. The smallest absolute Gasteiger partial charge is 0.379 e. The van der Waals surface area contributed by atoms with Crippen LogP contribution < -0.4 is 10.6 Å². The van der Waals surface area contributed by atoms with Crippen molar-refractivity contribution in [1.82, 2.24) is 10.6 Å². The van der Waals surface area contributed by atoms with Crippen LogP contribution in [-0.2, 0) is 14.3 Å². The van der Waals surface area contributed by atoms with Gasteiger partial charge < -0.3 is 15.4 Å². The van der Waals surface area contributed by atoms with Crippen molar-refractivity contribution in [1.29, 1.82) is 0 Å². The van der Waals surface area contributed by atoms with Crippen molar-refractivity contribution in [3.8, 4) is 0 Å². The highest BCUT2D eigenvalue weighted by Crippen LogP contribution is 2.32. The lowest BCUT2D eigenvalue weighted by molar-refractivity contribution is -0.384. The summed E-state index contributed by atoms with van der Waals surface area (Å²) in [6.45, 7) is 0. The zero-order valence-electron chi connectivity index (χ0n) is 14.7. The molecule has 0 unspecified atom stereocenters. The van der Waals surface area contributed by atoms with Crippen LogP contribution >= 0.6 is 12.2 Å². The number of ketones is 1. The molecule has 0 saturated carbocycles. The number of hydrogen-bond acceptors (Lipinski definition) is 6. The van der Waals surface area contributed by atoms with Crippen molar-refractivity contribution in [2.24, 2.45) is 0 Å². The predicted molar refractivity (Wildman–Crippen MR) is 105 cm³/mol. The Labute approximate surface area is 165 Å². The number of nitro groups is 1. The Kier molecular flexibility index (Phi) is 5.46. The lowest BCUT2D eigenvalue weighted by Crippen LogP contribution is -2.46. The number of ether oxygens (including phenoxy) is 1. The fourth-order valence-corrected chi connectivity index (χ4v) is 3.10. The molecule has 0 spiro atoms. The number of non-ortho nitro benzene ring substituents is 1. The molecule has 9 heteroatoms. The van der Waals surface area contributed by atoms with Gasteiger partial charge in [-0.15, -0.1) is 0 Å². The summed E-state index contributed by atoms with van der Waals surface area (Å²) in [6.07, 6.45) is 0. The molecule has 1 atom stereocenters. The Morgan fingerprint density at radius 1 is 1.11 bits per heavy atom. The van der Waals surface area contributed by atoms with Gasteiger partial charge in [0.05, 0.1) is 29.3 Å². The standard InChI is InChI=1S/C19H15N3O5S/c1-27-18(24)17(23)14-15(11-5-3-2-4-6-11)20-19(28)21-16(14)12-7-9-13(10-8-12)22(25)26/h2-10,16H,1H3,(H2,20,21,28)/t16-/m0/s1. The van der Waals surface area contributed by atoms with E-state index < -0.39 is 22.7 Å². The van der Waals surface area contributed by atoms with Crippen LogP contribution in [0.15, 0.2) is 60.2 Å². The number of carbonyl (C=O) groups excluding carboxylic acids is 2. The Balaban J connectivity index is 2.18. The summed E-state index contributed by atoms with van der Waals surface area (Å²) >= 11 is 5.27. The maximum absolute atomic E-state index is 12.8. The molecular formula is C19H15N3O5S. The van der Waals surface area contributed by atoms with Crippen molar-refractivity contribution >= 4 is 40.5 Å². The molecule has 1 aliphatic rings. The predicted octanol–water partition coefficient (Wildman–Crippen LogP) is 2.27. The Morgan fingerprint density at radius 2 is 1.75 bits per heavy atom. The van der Waals surface area contributed by atoms with E-state index in [2.05, 4.69) is 15.4 Å². The summed E-state index contributed by atoms with van der Waals surface area (Å²) in [6, 6.07) is 13.8. The molecule has 8 nitrogen and oxygen atoms in total. The first-order valence-corrected chi connectivity index (χ1v) is 8.57. The van der Waals surface area contributed by atoms with Crippen molar-refractivity contribution in [2.45, 2.75) is 6.04 Å². The maximum Gasteiger partial charge on any atom is 0.379 e. The molecule has 0 aliphatic carbocycles. The molecule has 0 aromatic heterocycles. The normalized spacial score (nSPS) is 16.0. The third kappa shape index (κ3) is 3.74. The highest BCUT2D eigenvalue weighted by molar-refractivity contribution is 7.80. The number of Topliss-reactive ketones (excluding diaryl/α,β-unsaturated/α-hetero) is 1. The minimum atomic E-state index is -1.02. The van der Waals surface area contributed by atoms with Crippen LogP contribution in [0, 0.1) is 10.1 Å². The molecule has 0 fully saturated rings. The lowest BCUT2D eigenvalue weighted by atomic mass is 9.90. The average molecular weight is 397 g/mol. The zero-order chi connectivity index (χ0) is 20.3. The molecule has 2 aromatic carbocycles. The van der Waals surface area contributed by atoms with Crippen LogP contribution in [0.4, 0.5) is 5.69 Å². The Bertz CT molecular complexity index is 986. The first-order valence-electron chi connectivity index (χ1n) is 8.16. The number of nitrogens with one attached hydrogen (secondary N) is 2. The van der Waals surface area contributed by atoms with E-state index in [0.29, 0.717) is 16.8 Å². The molecule has 0 radical (unpaired) electrons. The molecule has 3 rings (SSSR count). The largest absolute Gasteiger partial charge is 0.463 e. The number of rotatable bonds is 5. The number of esters is 1. The van der Waals surface area contributed by atoms with E-state index in [1.165, 1.54) is 24.3 Å². The van der Waals surface area contributed by atoms with E-state index >= 15 is 0 Å². The summed E-state index contributed by atoms with van der Waals surface area (Å²) in [7, 11) is 1.12. The minimum absolute atomic E-state index is 0.0895. The van der Waals surface area contributed by atoms with Gasteiger partial charge in [0, 0.05) is 12.1 Å². The second-order valence-electron chi connectivity index (χ2n) is 5.86. The van der Waals surface area contributed by atoms with E-state index in [1.807, 2.05) is 6.07 Å².